The monoisotopic (exact) mass is 249 g/mol. The minimum Gasteiger partial charge on any atom is -0.491 e. The molecule has 1 saturated carbocycles. The molecule has 3 heteroatoms. The molecule has 1 aromatic carbocycles. The Morgan fingerprint density at radius 3 is 2.72 bits per heavy atom. The smallest absolute Gasteiger partial charge is 0.119 e. The first-order valence-corrected chi connectivity index (χ1v) is 6.70. The van der Waals surface area contributed by atoms with Crippen LogP contribution in [-0.2, 0) is 0 Å². The first-order chi connectivity index (χ1) is 8.55. The van der Waals surface area contributed by atoms with Gasteiger partial charge in [-0.05, 0) is 42.4 Å². The Balaban J connectivity index is 1.99. The van der Waals surface area contributed by atoms with Crippen molar-refractivity contribution in [2.75, 3.05) is 13.2 Å². The zero-order valence-electron chi connectivity index (χ0n) is 11.2. The quantitative estimate of drug-likeness (QED) is 0.813. The summed E-state index contributed by atoms with van der Waals surface area (Å²) in [5.74, 6) is 1.61. The van der Waals surface area contributed by atoms with Gasteiger partial charge in [-0.15, -0.1) is 0 Å². The standard InChI is InChI=1S/C15H23NO2/c1-11(2)12-4-3-5-14(8-12)18-10-15(17,9-16)13-6-7-13/h3-5,8,11,13,17H,6-7,9-10,16H2,1-2H3. The molecule has 1 unspecified atom stereocenters. The molecule has 1 aromatic rings. The van der Waals surface area contributed by atoms with E-state index in [4.69, 9.17) is 10.5 Å². The van der Waals surface area contributed by atoms with Gasteiger partial charge in [0.2, 0.25) is 0 Å². The molecule has 0 aromatic heterocycles. The summed E-state index contributed by atoms with van der Waals surface area (Å²) in [6, 6.07) is 8.04. The number of hydrogen-bond donors (Lipinski definition) is 2. The van der Waals surface area contributed by atoms with Gasteiger partial charge in [-0.1, -0.05) is 26.0 Å². The van der Waals surface area contributed by atoms with Crippen molar-refractivity contribution in [1.29, 1.82) is 0 Å². The molecule has 18 heavy (non-hydrogen) atoms. The lowest BCUT2D eigenvalue weighted by atomic mass is 9.99. The fraction of sp³-hybridized carbons (Fsp3) is 0.600. The first-order valence-electron chi connectivity index (χ1n) is 6.70. The fourth-order valence-corrected chi connectivity index (χ4v) is 2.14. The molecule has 0 aliphatic heterocycles. The van der Waals surface area contributed by atoms with Crippen molar-refractivity contribution in [1.82, 2.24) is 0 Å². The van der Waals surface area contributed by atoms with E-state index in [9.17, 15) is 5.11 Å². The van der Waals surface area contributed by atoms with Crippen LogP contribution in [0, 0.1) is 5.92 Å². The van der Waals surface area contributed by atoms with Crippen LogP contribution in [0.5, 0.6) is 5.75 Å². The van der Waals surface area contributed by atoms with Crippen molar-refractivity contribution < 1.29 is 9.84 Å². The molecule has 0 saturated heterocycles. The lowest BCUT2D eigenvalue weighted by Gasteiger charge is -2.26. The molecule has 0 bridgehead atoms. The van der Waals surface area contributed by atoms with Crippen LogP contribution in [0.2, 0.25) is 0 Å². The van der Waals surface area contributed by atoms with Crippen molar-refractivity contribution in [3.05, 3.63) is 29.8 Å². The Morgan fingerprint density at radius 2 is 2.17 bits per heavy atom. The van der Waals surface area contributed by atoms with Crippen molar-refractivity contribution >= 4 is 0 Å². The van der Waals surface area contributed by atoms with Gasteiger partial charge < -0.3 is 15.6 Å². The van der Waals surface area contributed by atoms with Crippen molar-refractivity contribution in [3.8, 4) is 5.75 Å². The van der Waals surface area contributed by atoms with E-state index in [1.807, 2.05) is 18.2 Å². The van der Waals surface area contributed by atoms with Gasteiger partial charge in [0.1, 0.15) is 18.0 Å². The van der Waals surface area contributed by atoms with Crippen molar-refractivity contribution in [2.24, 2.45) is 11.7 Å². The molecule has 0 radical (unpaired) electrons. The van der Waals surface area contributed by atoms with E-state index in [1.165, 1.54) is 5.56 Å². The fourth-order valence-electron chi connectivity index (χ4n) is 2.14. The molecule has 3 nitrogen and oxygen atoms in total. The predicted octanol–water partition coefficient (Wildman–Crippen LogP) is 2.29. The molecular formula is C15H23NO2. The van der Waals surface area contributed by atoms with Gasteiger partial charge in [0.05, 0.1) is 0 Å². The van der Waals surface area contributed by atoms with Crippen molar-refractivity contribution in [2.45, 2.75) is 38.2 Å². The zero-order valence-corrected chi connectivity index (χ0v) is 11.2. The van der Waals surface area contributed by atoms with E-state index in [0.29, 0.717) is 11.8 Å². The third kappa shape index (κ3) is 3.03. The third-order valence-electron chi connectivity index (χ3n) is 3.70. The van der Waals surface area contributed by atoms with Gasteiger partial charge in [-0.3, -0.25) is 0 Å². The average Bonchev–Trinajstić information content (AvgIpc) is 3.21. The molecule has 1 atom stereocenters. The zero-order chi connectivity index (χ0) is 13.2. The van der Waals surface area contributed by atoms with E-state index in [-0.39, 0.29) is 13.2 Å². The number of nitrogens with two attached hydrogens (primary N) is 1. The van der Waals surface area contributed by atoms with Crippen LogP contribution in [0.25, 0.3) is 0 Å². The molecule has 1 aliphatic carbocycles. The minimum absolute atomic E-state index is 0.265. The van der Waals surface area contributed by atoms with Crippen molar-refractivity contribution in [3.63, 3.8) is 0 Å². The van der Waals surface area contributed by atoms with Crippen LogP contribution < -0.4 is 10.5 Å². The van der Waals surface area contributed by atoms with Crippen LogP contribution in [0.3, 0.4) is 0 Å². The maximum Gasteiger partial charge on any atom is 0.119 e. The van der Waals surface area contributed by atoms with Gasteiger partial charge in [-0.25, -0.2) is 0 Å². The highest BCUT2D eigenvalue weighted by molar-refractivity contribution is 5.30. The van der Waals surface area contributed by atoms with Gasteiger partial charge in [-0.2, -0.15) is 0 Å². The molecule has 0 spiro atoms. The highest BCUT2D eigenvalue weighted by Gasteiger charge is 2.43. The van der Waals surface area contributed by atoms with Crippen LogP contribution in [0.15, 0.2) is 24.3 Å². The Bertz CT molecular complexity index is 401. The number of benzene rings is 1. The molecule has 3 N–H and O–H groups in total. The van der Waals surface area contributed by atoms with Gasteiger partial charge >= 0.3 is 0 Å². The summed E-state index contributed by atoms with van der Waals surface area (Å²) in [6.45, 7) is 4.86. The van der Waals surface area contributed by atoms with Crippen LogP contribution in [0.1, 0.15) is 38.2 Å². The maximum atomic E-state index is 10.3. The average molecular weight is 249 g/mol. The normalized spacial score (nSPS) is 18.7. The van der Waals surface area contributed by atoms with Gasteiger partial charge in [0, 0.05) is 6.54 Å². The lowest BCUT2D eigenvalue weighted by Crippen LogP contribution is -2.45. The van der Waals surface area contributed by atoms with E-state index in [2.05, 4.69) is 19.9 Å². The molecule has 0 amide bonds. The molecule has 1 aliphatic rings. The number of hydrogen-bond acceptors (Lipinski definition) is 3. The summed E-state index contributed by atoms with van der Waals surface area (Å²) in [6.07, 6.45) is 2.12. The molecule has 1 fully saturated rings. The van der Waals surface area contributed by atoms with E-state index < -0.39 is 5.60 Å². The highest BCUT2D eigenvalue weighted by atomic mass is 16.5. The number of ether oxygens (including phenoxy) is 1. The minimum atomic E-state index is -0.853. The molecule has 0 heterocycles. The topological polar surface area (TPSA) is 55.5 Å². The van der Waals surface area contributed by atoms with E-state index in [1.54, 1.807) is 0 Å². The summed E-state index contributed by atoms with van der Waals surface area (Å²) in [5, 5.41) is 10.3. The molecule has 100 valence electrons. The Morgan fingerprint density at radius 1 is 1.44 bits per heavy atom. The van der Waals surface area contributed by atoms with E-state index in [0.717, 1.165) is 18.6 Å². The maximum absolute atomic E-state index is 10.3. The predicted molar refractivity (Wildman–Crippen MR) is 72.8 cm³/mol. The van der Waals surface area contributed by atoms with Crippen LogP contribution in [-0.4, -0.2) is 23.9 Å². The number of aliphatic hydroxyl groups is 1. The summed E-state index contributed by atoms with van der Waals surface area (Å²) in [4.78, 5) is 0. The Labute approximate surface area is 109 Å². The van der Waals surface area contributed by atoms with Crippen LogP contribution in [0.4, 0.5) is 0 Å². The second kappa shape index (κ2) is 5.29. The third-order valence-corrected chi connectivity index (χ3v) is 3.70. The largest absolute Gasteiger partial charge is 0.491 e. The van der Waals surface area contributed by atoms with Gasteiger partial charge in [0.25, 0.3) is 0 Å². The summed E-state index contributed by atoms with van der Waals surface area (Å²) in [5.41, 5.74) is 6.05. The summed E-state index contributed by atoms with van der Waals surface area (Å²) >= 11 is 0. The SMILES string of the molecule is CC(C)c1cccc(OCC(O)(CN)C2CC2)c1. The highest BCUT2D eigenvalue weighted by Crippen LogP contribution is 2.39. The van der Waals surface area contributed by atoms with Crippen LogP contribution >= 0.6 is 0 Å². The number of rotatable bonds is 6. The first kappa shape index (κ1) is 13.4. The summed E-state index contributed by atoms with van der Waals surface area (Å²) in [7, 11) is 0. The second-order valence-corrected chi connectivity index (χ2v) is 5.60. The Kier molecular flexibility index (Phi) is 3.93. The lowest BCUT2D eigenvalue weighted by molar-refractivity contribution is -0.0162. The molecular weight excluding hydrogens is 226 g/mol. The van der Waals surface area contributed by atoms with E-state index >= 15 is 0 Å². The van der Waals surface area contributed by atoms with Gasteiger partial charge in [0.15, 0.2) is 0 Å². The summed E-state index contributed by atoms with van der Waals surface area (Å²) < 4.78 is 5.72. The second-order valence-electron chi connectivity index (χ2n) is 5.60. The molecule has 2 rings (SSSR count). The Hall–Kier alpha value is -1.06.